The van der Waals surface area contributed by atoms with Crippen LogP contribution in [0.2, 0.25) is 0 Å². The summed E-state index contributed by atoms with van der Waals surface area (Å²) in [6.45, 7) is 4.46. The number of hydrogen-bond acceptors (Lipinski definition) is 3. The zero-order valence-electron chi connectivity index (χ0n) is 7.62. The molecule has 0 unspecified atom stereocenters. The minimum atomic E-state index is 0.618. The van der Waals surface area contributed by atoms with Crippen molar-refractivity contribution >= 4 is 21.7 Å². The number of ether oxygens (including phenoxy) is 1. The third-order valence-corrected chi connectivity index (χ3v) is 1.81. The van der Waals surface area contributed by atoms with Crippen LogP contribution in [0.4, 0.5) is 0 Å². The molecular formula is C9H11BrN2O. The Balaban J connectivity index is 2.87. The van der Waals surface area contributed by atoms with Crippen molar-refractivity contribution in [3.8, 4) is 0 Å². The molecule has 0 aromatic carbocycles. The van der Waals surface area contributed by atoms with E-state index < -0.39 is 0 Å². The van der Waals surface area contributed by atoms with Gasteiger partial charge in [0.05, 0.1) is 11.1 Å². The van der Waals surface area contributed by atoms with Crippen molar-refractivity contribution < 1.29 is 4.74 Å². The zero-order chi connectivity index (χ0) is 9.68. The van der Waals surface area contributed by atoms with Gasteiger partial charge in [0.15, 0.2) is 11.6 Å². The summed E-state index contributed by atoms with van der Waals surface area (Å²) < 4.78 is 6.20. The lowest BCUT2D eigenvalue weighted by atomic mass is 10.4. The van der Waals surface area contributed by atoms with E-state index >= 15 is 0 Å². The van der Waals surface area contributed by atoms with Crippen molar-refractivity contribution in [2.24, 2.45) is 0 Å². The lowest BCUT2D eigenvalue weighted by molar-refractivity contribution is 0.294. The van der Waals surface area contributed by atoms with Gasteiger partial charge in [0.25, 0.3) is 0 Å². The first-order chi connectivity index (χ1) is 6.27. The summed E-state index contributed by atoms with van der Waals surface area (Å²) in [6, 6.07) is 0. The summed E-state index contributed by atoms with van der Waals surface area (Å²) >= 11 is 3.27. The Hall–Kier alpha value is -0.900. The van der Waals surface area contributed by atoms with Crippen molar-refractivity contribution in [3.63, 3.8) is 0 Å². The molecule has 0 bridgehead atoms. The normalized spacial score (nSPS) is 11.5. The van der Waals surface area contributed by atoms with Crippen molar-refractivity contribution in [2.75, 3.05) is 6.61 Å². The molecule has 0 radical (unpaired) electrons. The van der Waals surface area contributed by atoms with Crippen LogP contribution in [-0.4, -0.2) is 16.6 Å². The highest BCUT2D eigenvalue weighted by molar-refractivity contribution is 9.10. The summed E-state index contributed by atoms with van der Waals surface area (Å²) in [5.74, 6) is 1.34. The number of hydrogen-bond donors (Lipinski definition) is 0. The van der Waals surface area contributed by atoms with Gasteiger partial charge < -0.3 is 4.74 Å². The zero-order valence-corrected chi connectivity index (χ0v) is 9.21. The maximum Gasteiger partial charge on any atom is 0.194 e. The molecule has 0 atom stereocenters. The number of allylic oxidation sites excluding steroid dienone is 1. The quantitative estimate of drug-likeness (QED) is 0.765. The van der Waals surface area contributed by atoms with Gasteiger partial charge in [-0.1, -0.05) is 0 Å². The second kappa shape index (κ2) is 4.97. The SMILES string of the molecule is C/C=C(\OCC)c1ncc(Br)cn1. The maximum absolute atomic E-state index is 5.34. The van der Waals surface area contributed by atoms with E-state index in [9.17, 15) is 0 Å². The van der Waals surface area contributed by atoms with Crippen molar-refractivity contribution in [1.29, 1.82) is 0 Å². The molecule has 13 heavy (non-hydrogen) atoms. The average Bonchev–Trinajstić information content (AvgIpc) is 2.16. The number of halogens is 1. The van der Waals surface area contributed by atoms with Gasteiger partial charge in [0, 0.05) is 12.4 Å². The molecular weight excluding hydrogens is 232 g/mol. The Kier molecular flexibility index (Phi) is 3.89. The van der Waals surface area contributed by atoms with E-state index in [0.717, 1.165) is 10.2 Å². The van der Waals surface area contributed by atoms with E-state index in [2.05, 4.69) is 25.9 Å². The van der Waals surface area contributed by atoms with Crippen LogP contribution >= 0.6 is 15.9 Å². The molecule has 1 aromatic heterocycles. The molecule has 0 aliphatic carbocycles. The third-order valence-electron chi connectivity index (χ3n) is 1.40. The molecule has 1 aromatic rings. The highest BCUT2D eigenvalue weighted by Crippen LogP contribution is 2.12. The van der Waals surface area contributed by atoms with Gasteiger partial charge in [-0.25, -0.2) is 9.97 Å². The molecule has 70 valence electrons. The molecule has 0 saturated heterocycles. The number of nitrogens with zero attached hydrogens (tertiary/aromatic N) is 2. The van der Waals surface area contributed by atoms with Gasteiger partial charge in [-0.2, -0.15) is 0 Å². The van der Waals surface area contributed by atoms with Crippen LogP contribution in [0.3, 0.4) is 0 Å². The molecule has 1 rings (SSSR count). The van der Waals surface area contributed by atoms with Crippen molar-refractivity contribution in [1.82, 2.24) is 9.97 Å². The van der Waals surface area contributed by atoms with E-state index in [0.29, 0.717) is 12.4 Å². The fraction of sp³-hybridized carbons (Fsp3) is 0.333. The van der Waals surface area contributed by atoms with E-state index in [-0.39, 0.29) is 0 Å². The highest BCUT2D eigenvalue weighted by Gasteiger charge is 2.03. The van der Waals surface area contributed by atoms with Gasteiger partial charge in [-0.05, 0) is 35.9 Å². The van der Waals surface area contributed by atoms with Crippen LogP contribution in [0.5, 0.6) is 0 Å². The molecule has 4 heteroatoms. The van der Waals surface area contributed by atoms with Gasteiger partial charge in [0.2, 0.25) is 0 Å². The lowest BCUT2D eigenvalue weighted by Crippen LogP contribution is -1.97. The van der Waals surface area contributed by atoms with Gasteiger partial charge in [-0.3, -0.25) is 0 Å². The van der Waals surface area contributed by atoms with Crippen LogP contribution in [-0.2, 0) is 4.74 Å². The van der Waals surface area contributed by atoms with E-state index in [1.807, 2.05) is 19.9 Å². The molecule has 0 amide bonds. The summed E-state index contributed by atoms with van der Waals surface area (Å²) in [7, 11) is 0. The molecule has 1 heterocycles. The summed E-state index contributed by atoms with van der Waals surface area (Å²) in [5.41, 5.74) is 0. The summed E-state index contributed by atoms with van der Waals surface area (Å²) in [6.07, 6.45) is 5.25. The standard InChI is InChI=1S/C9H11BrN2O/c1-3-8(13-4-2)9-11-5-7(10)6-12-9/h3,5-6H,4H2,1-2H3/b8-3-. The first-order valence-electron chi connectivity index (χ1n) is 4.05. The highest BCUT2D eigenvalue weighted by atomic mass is 79.9. The average molecular weight is 243 g/mol. The number of aromatic nitrogens is 2. The topological polar surface area (TPSA) is 35.0 Å². The maximum atomic E-state index is 5.34. The minimum absolute atomic E-state index is 0.618. The molecule has 0 spiro atoms. The molecule has 0 N–H and O–H groups in total. The molecule has 0 saturated carbocycles. The summed E-state index contributed by atoms with van der Waals surface area (Å²) in [4.78, 5) is 8.23. The van der Waals surface area contributed by atoms with E-state index in [1.54, 1.807) is 12.4 Å². The Morgan fingerprint density at radius 2 is 2.15 bits per heavy atom. The van der Waals surface area contributed by atoms with Crippen LogP contribution in [0.1, 0.15) is 19.7 Å². The molecule has 3 nitrogen and oxygen atoms in total. The predicted octanol–water partition coefficient (Wildman–Crippen LogP) is 2.64. The van der Waals surface area contributed by atoms with Crippen molar-refractivity contribution in [2.45, 2.75) is 13.8 Å². The second-order valence-corrected chi connectivity index (χ2v) is 3.23. The van der Waals surface area contributed by atoms with Crippen molar-refractivity contribution in [3.05, 3.63) is 28.8 Å². The number of rotatable bonds is 3. The first kappa shape index (κ1) is 10.2. The first-order valence-corrected chi connectivity index (χ1v) is 4.84. The second-order valence-electron chi connectivity index (χ2n) is 2.31. The molecule has 0 aliphatic rings. The van der Waals surface area contributed by atoms with Gasteiger partial charge >= 0.3 is 0 Å². The van der Waals surface area contributed by atoms with E-state index in [1.165, 1.54) is 0 Å². The smallest absolute Gasteiger partial charge is 0.194 e. The van der Waals surface area contributed by atoms with Gasteiger partial charge in [0.1, 0.15) is 0 Å². The molecule has 0 fully saturated rings. The Morgan fingerprint density at radius 1 is 1.54 bits per heavy atom. The Bertz CT molecular complexity index is 295. The minimum Gasteiger partial charge on any atom is -0.490 e. The van der Waals surface area contributed by atoms with Crippen LogP contribution < -0.4 is 0 Å². The lowest BCUT2D eigenvalue weighted by Gasteiger charge is -2.05. The van der Waals surface area contributed by atoms with Crippen LogP contribution in [0.25, 0.3) is 5.76 Å². The largest absolute Gasteiger partial charge is 0.490 e. The van der Waals surface area contributed by atoms with Crippen LogP contribution in [0.15, 0.2) is 22.9 Å². The third kappa shape index (κ3) is 2.81. The monoisotopic (exact) mass is 242 g/mol. The van der Waals surface area contributed by atoms with Crippen LogP contribution in [0, 0.1) is 0 Å². The van der Waals surface area contributed by atoms with Gasteiger partial charge in [-0.15, -0.1) is 0 Å². The Morgan fingerprint density at radius 3 is 2.62 bits per heavy atom. The Labute approximate surface area is 86.0 Å². The fourth-order valence-corrected chi connectivity index (χ4v) is 1.08. The van der Waals surface area contributed by atoms with E-state index in [4.69, 9.17) is 4.74 Å². The fourth-order valence-electron chi connectivity index (χ4n) is 0.872. The molecule has 0 aliphatic heterocycles. The predicted molar refractivity (Wildman–Crippen MR) is 55.0 cm³/mol. The summed E-state index contributed by atoms with van der Waals surface area (Å²) in [5, 5.41) is 0.